The van der Waals surface area contributed by atoms with Crippen molar-refractivity contribution >= 4 is 0 Å². The summed E-state index contributed by atoms with van der Waals surface area (Å²) >= 11 is 2.31. The van der Waals surface area contributed by atoms with E-state index in [0.717, 1.165) is 5.56 Å². The van der Waals surface area contributed by atoms with Gasteiger partial charge in [0, 0.05) is 0 Å². The number of hydrogen-bond donors (Lipinski definition) is 0. The molecule has 0 spiro atoms. The van der Waals surface area contributed by atoms with Crippen molar-refractivity contribution in [2.75, 3.05) is 0 Å². The Balaban J connectivity index is 0. The number of benzene rings is 1. The zero-order chi connectivity index (χ0) is 13.2. The summed E-state index contributed by atoms with van der Waals surface area (Å²) in [5.41, 5.74) is 9.61. The van der Waals surface area contributed by atoms with Crippen LogP contribution in [-0.2, 0) is 25.1 Å². The van der Waals surface area contributed by atoms with E-state index in [1.165, 1.54) is 5.56 Å². The first-order chi connectivity index (χ1) is 7.41. The van der Waals surface area contributed by atoms with Crippen molar-refractivity contribution in [3.63, 3.8) is 0 Å². The molecule has 0 heterocycles. The quantitative estimate of drug-likeness (QED) is 0.695. The second-order valence-electron chi connectivity index (χ2n) is 4.07. The van der Waals surface area contributed by atoms with E-state index in [1.54, 1.807) is 0 Å². The Bertz CT molecular complexity index is 282. The van der Waals surface area contributed by atoms with Crippen LogP contribution in [0.15, 0.2) is 24.3 Å². The van der Waals surface area contributed by atoms with E-state index in [2.05, 4.69) is 34.7 Å². The molecule has 0 amide bonds. The van der Waals surface area contributed by atoms with Gasteiger partial charge in [0.2, 0.25) is 0 Å². The van der Waals surface area contributed by atoms with Gasteiger partial charge in [-0.1, -0.05) is 49.2 Å². The third-order valence-electron chi connectivity index (χ3n) is 1.74. The summed E-state index contributed by atoms with van der Waals surface area (Å²) in [6, 6.07) is 8.11. The van der Waals surface area contributed by atoms with E-state index in [4.69, 9.17) is 9.60 Å². The van der Waals surface area contributed by atoms with Gasteiger partial charge in [-0.2, -0.15) is 13.8 Å². The fraction of sp³-hybridized carbons (Fsp3) is 0.462. The van der Waals surface area contributed by atoms with Crippen LogP contribution in [0.3, 0.4) is 0 Å². The van der Waals surface area contributed by atoms with E-state index in [9.17, 15) is 0 Å². The summed E-state index contributed by atoms with van der Waals surface area (Å²) in [5.74, 6) is 0. The van der Waals surface area contributed by atoms with Crippen LogP contribution in [0.2, 0.25) is 0 Å². The third-order valence-corrected chi connectivity index (χ3v) is 1.74. The van der Waals surface area contributed by atoms with Crippen LogP contribution in [0.4, 0.5) is 0 Å². The Morgan fingerprint density at radius 1 is 1.25 bits per heavy atom. The first-order valence-corrected chi connectivity index (χ1v) is 5.54. The van der Waals surface area contributed by atoms with Crippen LogP contribution in [0, 0.1) is 13.3 Å². The fourth-order valence-electron chi connectivity index (χ4n) is 1.03. The molecule has 0 atom stereocenters. The van der Waals surface area contributed by atoms with Gasteiger partial charge in [-0.15, -0.1) is 5.54 Å². The maximum atomic E-state index is 7.94. The summed E-state index contributed by atoms with van der Waals surface area (Å²) in [6.07, 6.45) is 2.00. The van der Waals surface area contributed by atoms with Gasteiger partial charge in [-0.05, 0) is 6.92 Å². The minimum atomic E-state index is -0.466. The molecular formula is C13H21CoNO-2. The Hall–Kier alpha value is -0.514. The normalized spacial score (nSPS) is 9.44. The molecule has 0 aliphatic heterocycles. The third kappa shape index (κ3) is 8.77. The predicted octanol–water partition coefficient (Wildman–Crippen LogP) is 4.39. The van der Waals surface area contributed by atoms with Gasteiger partial charge in [0.25, 0.3) is 0 Å². The molecule has 0 radical (unpaired) electrons. The van der Waals surface area contributed by atoms with E-state index in [-0.39, 0.29) is 0 Å². The van der Waals surface area contributed by atoms with Crippen molar-refractivity contribution in [3.05, 3.63) is 47.5 Å². The van der Waals surface area contributed by atoms with Gasteiger partial charge in [-0.3, -0.25) is 0 Å². The number of nitrogens with one attached hydrogen (secondary N) is 1. The van der Waals surface area contributed by atoms with Gasteiger partial charge in [0.1, 0.15) is 0 Å². The zero-order valence-electron chi connectivity index (χ0n) is 10.6. The van der Waals surface area contributed by atoms with E-state index in [1.807, 2.05) is 46.2 Å². The van der Waals surface area contributed by atoms with Crippen LogP contribution < -0.4 is 0 Å². The standard InChI is InChI=1S/C10H14N.C3H7.Co.O/c1-8-5-4-6-9(7-8)10(2,3)11;1-3-2;;/h4-7,11H,1-3H3;3H,1-2H3;;/q2*-1;;. The van der Waals surface area contributed by atoms with Crippen LogP contribution in [0.25, 0.3) is 5.73 Å². The molecule has 0 bridgehead atoms. The summed E-state index contributed by atoms with van der Waals surface area (Å²) in [4.78, 5) is 0. The van der Waals surface area contributed by atoms with E-state index in [0.29, 0.717) is 0 Å². The monoisotopic (exact) mass is 266 g/mol. The van der Waals surface area contributed by atoms with Crippen LogP contribution >= 0.6 is 0 Å². The summed E-state index contributed by atoms with van der Waals surface area (Å²) in [7, 11) is 0. The summed E-state index contributed by atoms with van der Waals surface area (Å²) in [5, 5.41) is 0. The first-order valence-electron chi connectivity index (χ1n) is 5.11. The predicted molar refractivity (Wildman–Crippen MR) is 64.9 cm³/mol. The van der Waals surface area contributed by atoms with Gasteiger partial charge < -0.3 is 12.2 Å². The van der Waals surface area contributed by atoms with Crippen molar-refractivity contribution in [1.82, 2.24) is 0 Å². The van der Waals surface area contributed by atoms with E-state index >= 15 is 0 Å². The Morgan fingerprint density at radius 3 is 1.94 bits per heavy atom. The molecule has 3 heteroatoms. The van der Waals surface area contributed by atoms with Crippen molar-refractivity contribution < 1.29 is 19.5 Å². The van der Waals surface area contributed by atoms with Crippen molar-refractivity contribution in [2.24, 2.45) is 0 Å². The molecule has 0 saturated heterocycles. The first kappa shape index (κ1) is 17.9. The average molecular weight is 266 g/mol. The zero-order valence-corrected chi connectivity index (χ0v) is 11.7. The molecule has 0 saturated carbocycles. The molecule has 16 heavy (non-hydrogen) atoms. The molecule has 0 aromatic heterocycles. The Labute approximate surface area is 107 Å². The Kier molecular flexibility index (Phi) is 10.8. The van der Waals surface area contributed by atoms with Crippen molar-refractivity contribution in [2.45, 2.75) is 40.2 Å². The number of hydrogen-bond acceptors (Lipinski definition) is 1. The summed E-state index contributed by atoms with van der Waals surface area (Å²) < 4.78 is 7.94. The molecular weight excluding hydrogens is 245 g/mol. The number of rotatable bonds is 1. The molecule has 1 N–H and O–H groups in total. The molecule has 0 unspecified atom stereocenters. The fourth-order valence-corrected chi connectivity index (χ4v) is 1.03. The van der Waals surface area contributed by atoms with Crippen molar-refractivity contribution in [1.29, 1.82) is 0 Å². The maximum absolute atomic E-state index is 7.94. The van der Waals surface area contributed by atoms with Gasteiger partial charge in [-0.25, -0.2) is 0 Å². The van der Waals surface area contributed by atoms with Gasteiger partial charge >= 0.3 is 19.5 Å². The SMILES string of the molecule is C[CH-]C.Cc1cccc(C(C)(C)[NH-])c1.[O]=[Co]. The van der Waals surface area contributed by atoms with Gasteiger partial charge in [0.05, 0.1) is 0 Å². The Morgan fingerprint density at radius 2 is 1.69 bits per heavy atom. The molecule has 0 fully saturated rings. The molecule has 0 aliphatic carbocycles. The van der Waals surface area contributed by atoms with Crippen LogP contribution in [-0.4, -0.2) is 0 Å². The number of aryl methyl sites for hydroxylation is 1. The van der Waals surface area contributed by atoms with E-state index < -0.39 is 5.54 Å². The molecule has 0 aliphatic rings. The topological polar surface area (TPSA) is 40.9 Å². The van der Waals surface area contributed by atoms with Gasteiger partial charge in [0.15, 0.2) is 0 Å². The van der Waals surface area contributed by atoms with Crippen molar-refractivity contribution in [3.8, 4) is 0 Å². The van der Waals surface area contributed by atoms with Crippen LogP contribution in [0.1, 0.15) is 38.8 Å². The second-order valence-corrected chi connectivity index (χ2v) is 4.07. The molecule has 1 rings (SSSR count). The average Bonchev–Trinajstić information content (AvgIpc) is 2.21. The molecule has 1 aromatic carbocycles. The molecule has 2 nitrogen and oxygen atoms in total. The molecule has 95 valence electrons. The molecule has 1 aromatic rings. The minimum absolute atomic E-state index is 0.466. The summed E-state index contributed by atoms with van der Waals surface area (Å²) in [6.45, 7) is 9.86. The van der Waals surface area contributed by atoms with Crippen LogP contribution in [0.5, 0.6) is 0 Å². The second kappa shape index (κ2) is 9.69.